The lowest BCUT2D eigenvalue weighted by Gasteiger charge is -2.20. The number of nitrogens with zero attached hydrogens (tertiary/aromatic N) is 4. The molecule has 0 saturated carbocycles. The summed E-state index contributed by atoms with van der Waals surface area (Å²) >= 11 is 0. The van der Waals surface area contributed by atoms with Crippen LogP contribution in [0.4, 0.5) is 0 Å². The SMILES string of the molecule is c1ccc(CCc2noc([C@@H]3CCn4cncc4C3)n2)cc1. The largest absolute Gasteiger partial charge is 0.339 e. The molecular formula is C17H18N4O. The Bertz CT molecular complexity index is 747. The molecule has 0 aliphatic carbocycles. The first-order chi connectivity index (χ1) is 10.9. The van der Waals surface area contributed by atoms with Gasteiger partial charge in [-0.1, -0.05) is 35.5 Å². The van der Waals surface area contributed by atoms with Crippen molar-refractivity contribution >= 4 is 0 Å². The highest BCUT2D eigenvalue weighted by Gasteiger charge is 2.24. The van der Waals surface area contributed by atoms with E-state index in [9.17, 15) is 0 Å². The van der Waals surface area contributed by atoms with Crippen molar-refractivity contribution < 1.29 is 4.52 Å². The van der Waals surface area contributed by atoms with Gasteiger partial charge >= 0.3 is 0 Å². The normalized spacial score (nSPS) is 17.4. The quantitative estimate of drug-likeness (QED) is 0.742. The smallest absolute Gasteiger partial charge is 0.230 e. The molecule has 2 aromatic heterocycles. The third kappa shape index (κ3) is 2.66. The summed E-state index contributed by atoms with van der Waals surface area (Å²) in [7, 11) is 0. The van der Waals surface area contributed by atoms with E-state index < -0.39 is 0 Å². The Kier molecular flexibility index (Phi) is 3.46. The van der Waals surface area contributed by atoms with Crippen molar-refractivity contribution in [1.29, 1.82) is 0 Å². The van der Waals surface area contributed by atoms with E-state index in [1.807, 2.05) is 18.6 Å². The fraction of sp³-hybridized carbons (Fsp3) is 0.353. The van der Waals surface area contributed by atoms with Crippen LogP contribution in [0.15, 0.2) is 47.4 Å². The van der Waals surface area contributed by atoms with Crippen molar-refractivity contribution in [3.8, 4) is 0 Å². The lowest BCUT2D eigenvalue weighted by molar-refractivity contribution is 0.323. The number of benzene rings is 1. The van der Waals surface area contributed by atoms with Crippen LogP contribution in [0.5, 0.6) is 0 Å². The minimum atomic E-state index is 0.321. The number of rotatable bonds is 4. The molecule has 1 aliphatic rings. The minimum absolute atomic E-state index is 0.321. The Morgan fingerprint density at radius 1 is 1.18 bits per heavy atom. The third-order valence-corrected chi connectivity index (χ3v) is 4.29. The van der Waals surface area contributed by atoms with E-state index in [2.05, 4.69) is 44.0 Å². The van der Waals surface area contributed by atoms with Gasteiger partial charge in [-0.2, -0.15) is 4.98 Å². The van der Waals surface area contributed by atoms with E-state index in [0.717, 1.165) is 43.9 Å². The first-order valence-electron chi connectivity index (χ1n) is 7.74. The van der Waals surface area contributed by atoms with Crippen LogP contribution in [-0.4, -0.2) is 19.7 Å². The maximum absolute atomic E-state index is 5.49. The highest BCUT2D eigenvalue weighted by Crippen LogP contribution is 2.28. The molecule has 22 heavy (non-hydrogen) atoms. The zero-order valence-corrected chi connectivity index (χ0v) is 12.4. The summed E-state index contributed by atoms with van der Waals surface area (Å²) in [6.45, 7) is 0.974. The number of imidazole rings is 1. The summed E-state index contributed by atoms with van der Waals surface area (Å²) in [5, 5.41) is 4.14. The molecule has 1 atom stereocenters. The van der Waals surface area contributed by atoms with E-state index in [1.165, 1.54) is 11.3 Å². The number of hydrogen-bond acceptors (Lipinski definition) is 4. The van der Waals surface area contributed by atoms with Gasteiger partial charge in [0.2, 0.25) is 5.89 Å². The van der Waals surface area contributed by atoms with Gasteiger partial charge in [0.25, 0.3) is 0 Å². The maximum atomic E-state index is 5.49. The second kappa shape index (κ2) is 5.75. The number of aryl methyl sites for hydroxylation is 3. The molecule has 3 heterocycles. The Morgan fingerprint density at radius 3 is 3.00 bits per heavy atom. The van der Waals surface area contributed by atoms with Gasteiger partial charge < -0.3 is 9.09 Å². The highest BCUT2D eigenvalue weighted by molar-refractivity contribution is 5.15. The van der Waals surface area contributed by atoms with Crippen LogP contribution in [-0.2, 0) is 25.8 Å². The zero-order chi connectivity index (χ0) is 14.8. The molecule has 0 saturated heterocycles. The van der Waals surface area contributed by atoms with Gasteiger partial charge in [0, 0.05) is 37.2 Å². The van der Waals surface area contributed by atoms with Crippen LogP contribution in [0, 0.1) is 0 Å². The van der Waals surface area contributed by atoms with Crippen molar-refractivity contribution in [1.82, 2.24) is 19.7 Å². The lowest BCUT2D eigenvalue weighted by Crippen LogP contribution is -2.17. The molecule has 1 aromatic carbocycles. The predicted molar refractivity (Wildman–Crippen MR) is 81.4 cm³/mol. The molecule has 3 aromatic rings. The van der Waals surface area contributed by atoms with Crippen molar-refractivity contribution in [2.24, 2.45) is 0 Å². The third-order valence-electron chi connectivity index (χ3n) is 4.29. The van der Waals surface area contributed by atoms with Gasteiger partial charge in [0.05, 0.1) is 6.33 Å². The molecule has 0 bridgehead atoms. The molecular weight excluding hydrogens is 276 g/mol. The number of fused-ring (bicyclic) bond motifs is 1. The molecule has 0 N–H and O–H groups in total. The summed E-state index contributed by atoms with van der Waals surface area (Å²) in [6, 6.07) is 10.4. The van der Waals surface area contributed by atoms with Crippen molar-refractivity contribution in [2.75, 3.05) is 0 Å². The molecule has 5 nitrogen and oxygen atoms in total. The number of hydrogen-bond donors (Lipinski definition) is 0. The molecule has 0 fully saturated rings. The Labute approximate surface area is 129 Å². The van der Waals surface area contributed by atoms with Crippen molar-refractivity contribution in [2.45, 2.75) is 38.1 Å². The number of aromatic nitrogens is 4. The fourth-order valence-electron chi connectivity index (χ4n) is 3.02. The molecule has 5 heteroatoms. The first kappa shape index (κ1) is 13.2. The molecule has 0 spiro atoms. The van der Waals surface area contributed by atoms with E-state index in [0.29, 0.717) is 5.92 Å². The second-order valence-corrected chi connectivity index (χ2v) is 5.80. The van der Waals surface area contributed by atoms with E-state index >= 15 is 0 Å². The Morgan fingerprint density at radius 2 is 2.09 bits per heavy atom. The average molecular weight is 294 g/mol. The van der Waals surface area contributed by atoms with Crippen molar-refractivity contribution in [3.63, 3.8) is 0 Å². The van der Waals surface area contributed by atoms with Gasteiger partial charge in [-0.3, -0.25) is 0 Å². The van der Waals surface area contributed by atoms with Crippen LogP contribution in [0.25, 0.3) is 0 Å². The molecule has 4 rings (SSSR count). The summed E-state index contributed by atoms with van der Waals surface area (Å²) in [6.07, 6.45) is 7.54. The van der Waals surface area contributed by atoms with Crippen LogP contribution < -0.4 is 0 Å². The van der Waals surface area contributed by atoms with Gasteiger partial charge in [0.15, 0.2) is 5.82 Å². The maximum Gasteiger partial charge on any atom is 0.230 e. The molecule has 0 unspecified atom stereocenters. The first-order valence-corrected chi connectivity index (χ1v) is 7.74. The summed E-state index contributed by atoms with van der Waals surface area (Å²) in [5.41, 5.74) is 2.55. The standard InChI is InChI=1S/C17H18N4O/c1-2-4-13(5-3-1)6-7-16-19-17(22-20-16)14-8-9-21-12-18-11-15(21)10-14/h1-5,11-12,14H,6-10H2/t14-/m1/s1. The average Bonchev–Trinajstić information content (AvgIpc) is 3.22. The van der Waals surface area contributed by atoms with Crippen LogP contribution in [0.2, 0.25) is 0 Å². The summed E-state index contributed by atoms with van der Waals surface area (Å²) in [5.74, 6) is 1.90. The van der Waals surface area contributed by atoms with Gasteiger partial charge in [-0.15, -0.1) is 0 Å². The second-order valence-electron chi connectivity index (χ2n) is 5.80. The van der Waals surface area contributed by atoms with Gasteiger partial charge in [-0.05, 0) is 18.4 Å². The van der Waals surface area contributed by atoms with E-state index in [-0.39, 0.29) is 0 Å². The lowest BCUT2D eigenvalue weighted by atomic mass is 9.96. The van der Waals surface area contributed by atoms with Crippen LogP contribution in [0.3, 0.4) is 0 Å². The van der Waals surface area contributed by atoms with Gasteiger partial charge in [0.1, 0.15) is 0 Å². The zero-order valence-electron chi connectivity index (χ0n) is 12.4. The minimum Gasteiger partial charge on any atom is -0.339 e. The summed E-state index contributed by atoms with van der Waals surface area (Å²) < 4.78 is 7.69. The van der Waals surface area contributed by atoms with Crippen molar-refractivity contribution in [3.05, 3.63) is 65.8 Å². The van der Waals surface area contributed by atoms with Gasteiger partial charge in [-0.25, -0.2) is 4.98 Å². The van der Waals surface area contributed by atoms with E-state index in [1.54, 1.807) is 0 Å². The monoisotopic (exact) mass is 294 g/mol. The Balaban J connectivity index is 1.42. The molecule has 1 aliphatic heterocycles. The van der Waals surface area contributed by atoms with Crippen LogP contribution in [0.1, 0.15) is 35.3 Å². The Hall–Kier alpha value is -2.43. The molecule has 0 radical (unpaired) electrons. The predicted octanol–water partition coefficient (Wildman–Crippen LogP) is 2.78. The highest BCUT2D eigenvalue weighted by atomic mass is 16.5. The molecule has 0 amide bonds. The van der Waals surface area contributed by atoms with Crippen LogP contribution >= 0.6 is 0 Å². The topological polar surface area (TPSA) is 56.7 Å². The summed E-state index contributed by atoms with van der Waals surface area (Å²) in [4.78, 5) is 8.80. The molecule has 112 valence electrons. The fourth-order valence-corrected chi connectivity index (χ4v) is 3.02. The van der Waals surface area contributed by atoms with E-state index in [4.69, 9.17) is 4.52 Å².